The molecule has 3 rings (SSSR count). The highest BCUT2D eigenvalue weighted by atomic mass is 35.5. The van der Waals surface area contributed by atoms with Gasteiger partial charge in [0, 0.05) is 11.2 Å². The first kappa shape index (κ1) is 12.3. The van der Waals surface area contributed by atoms with Crippen LogP contribution >= 0.6 is 23.2 Å². The minimum absolute atomic E-state index is 0.294. The summed E-state index contributed by atoms with van der Waals surface area (Å²) in [5, 5.41) is 9.28. The Morgan fingerprint density at radius 2 is 2.00 bits per heavy atom. The molecule has 0 aliphatic heterocycles. The van der Waals surface area contributed by atoms with Crippen molar-refractivity contribution in [3.8, 4) is 5.75 Å². The van der Waals surface area contributed by atoms with Crippen molar-refractivity contribution in [2.45, 2.75) is 6.61 Å². The lowest BCUT2D eigenvalue weighted by atomic mass is 10.3. The zero-order chi connectivity index (χ0) is 13.2. The van der Waals surface area contributed by atoms with E-state index in [0.717, 1.165) is 0 Å². The second kappa shape index (κ2) is 5.07. The van der Waals surface area contributed by atoms with Crippen molar-refractivity contribution in [2.75, 3.05) is 0 Å². The minimum Gasteiger partial charge on any atom is -0.486 e. The largest absolute Gasteiger partial charge is 0.486 e. The predicted molar refractivity (Wildman–Crippen MR) is 73.8 cm³/mol. The molecule has 4 nitrogen and oxygen atoms in total. The van der Waals surface area contributed by atoms with Gasteiger partial charge in [-0.15, -0.1) is 10.2 Å². The van der Waals surface area contributed by atoms with Gasteiger partial charge in [0.15, 0.2) is 11.5 Å². The van der Waals surface area contributed by atoms with E-state index in [0.29, 0.717) is 33.9 Å². The molecule has 0 aliphatic carbocycles. The fourth-order valence-electron chi connectivity index (χ4n) is 1.73. The van der Waals surface area contributed by atoms with E-state index in [1.807, 2.05) is 24.4 Å². The fourth-order valence-corrected chi connectivity index (χ4v) is 2.12. The summed E-state index contributed by atoms with van der Waals surface area (Å²) < 4.78 is 7.43. The van der Waals surface area contributed by atoms with Gasteiger partial charge in [0.25, 0.3) is 0 Å². The van der Waals surface area contributed by atoms with E-state index in [4.69, 9.17) is 27.9 Å². The van der Waals surface area contributed by atoms with Crippen LogP contribution in [0.15, 0.2) is 42.6 Å². The van der Waals surface area contributed by atoms with Gasteiger partial charge in [-0.05, 0) is 30.3 Å². The molecule has 0 fully saturated rings. The quantitative estimate of drug-likeness (QED) is 0.740. The maximum atomic E-state index is 6.03. The molecular weight excluding hydrogens is 285 g/mol. The molecule has 6 heteroatoms. The van der Waals surface area contributed by atoms with E-state index in [-0.39, 0.29) is 0 Å². The van der Waals surface area contributed by atoms with Gasteiger partial charge in [0.05, 0.1) is 5.02 Å². The molecule has 0 amide bonds. The Morgan fingerprint density at radius 1 is 1.11 bits per heavy atom. The number of pyridine rings is 1. The lowest BCUT2D eigenvalue weighted by Gasteiger charge is -2.05. The third-order valence-corrected chi connectivity index (χ3v) is 3.15. The topological polar surface area (TPSA) is 39.4 Å². The Kier molecular flexibility index (Phi) is 3.27. The average Bonchev–Trinajstić information content (AvgIpc) is 2.81. The smallest absolute Gasteiger partial charge is 0.179 e. The summed E-state index contributed by atoms with van der Waals surface area (Å²) in [6, 6.07) is 10.8. The van der Waals surface area contributed by atoms with Crippen molar-refractivity contribution < 1.29 is 4.74 Å². The molecule has 0 saturated carbocycles. The van der Waals surface area contributed by atoms with Gasteiger partial charge >= 0.3 is 0 Å². The molecule has 0 bridgehead atoms. The van der Waals surface area contributed by atoms with Crippen molar-refractivity contribution in [1.82, 2.24) is 14.6 Å². The van der Waals surface area contributed by atoms with E-state index in [1.165, 1.54) is 0 Å². The summed E-state index contributed by atoms with van der Waals surface area (Å²) in [4.78, 5) is 0. The molecule has 1 aromatic carbocycles. The highest BCUT2D eigenvalue weighted by Crippen LogP contribution is 2.19. The van der Waals surface area contributed by atoms with E-state index in [1.54, 1.807) is 22.6 Å². The summed E-state index contributed by atoms with van der Waals surface area (Å²) >= 11 is 11.9. The van der Waals surface area contributed by atoms with Gasteiger partial charge < -0.3 is 4.74 Å². The summed E-state index contributed by atoms with van der Waals surface area (Å²) in [7, 11) is 0. The molecule has 2 heterocycles. The molecule has 0 unspecified atom stereocenters. The van der Waals surface area contributed by atoms with Crippen molar-refractivity contribution >= 4 is 28.8 Å². The summed E-state index contributed by atoms with van der Waals surface area (Å²) in [5.41, 5.74) is 0.619. The van der Waals surface area contributed by atoms with Crippen molar-refractivity contribution in [3.63, 3.8) is 0 Å². The Balaban J connectivity index is 1.84. The molecule has 0 spiro atoms. The average molecular weight is 294 g/mol. The highest BCUT2D eigenvalue weighted by Gasteiger charge is 2.08. The molecule has 19 heavy (non-hydrogen) atoms. The number of hydrogen-bond acceptors (Lipinski definition) is 3. The fraction of sp³-hybridized carbons (Fsp3) is 0.0769. The van der Waals surface area contributed by atoms with Gasteiger partial charge in [-0.1, -0.05) is 29.3 Å². The number of benzene rings is 1. The Hall–Kier alpha value is -1.78. The van der Waals surface area contributed by atoms with Crippen LogP contribution in [0.4, 0.5) is 0 Å². The predicted octanol–water partition coefficient (Wildman–Crippen LogP) is 3.62. The molecule has 0 N–H and O–H groups in total. The monoisotopic (exact) mass is 293 g/mol. The molecule has 0 aliphatic rings. The van der Waals surface area contributed by atoms with E-state index in [9.17, 15) is 0 Å². The van der Waals surface area contributed by atoms with Gasteiger partial charge in [0.2, 0.25) is 0 Å². The van der Waals surface area contributed by atoms with Gasteiger partial charge in [-0.25, -0.2) is 0 Å². The number of ether oxygens (including phenoxy) is 1. The molecular formula is C13H9Cl2N3O. The lowest BCUT2D eigenvalue weighted by molar-refractivity contribution is 0.294. The first-order valence-corrected chi connectivity index (χ1v) is 6.36. The normalized spacial score (nSPS) is 10.8. The SMILES string of the molecule is Clc1cccc(OCc2nnc3c(Cl)cccn23)c1. The van der Waals surface area contributed by atoms with Crippen LogP contribution in [-0.4, -0.2) is 14.6 Å². The Bertz CT molecular complexity index is 727. The molecule has 96 valence electrons. The van der Waals surface area contributed by atoms with Crippen LogP contribution in [-0.2, 0) is 6.61 Å². The second-order valence-electron chi connectivity index (χ2n) is 3.91. The van der Waals surface area contributed by atoms with Crippen molar-refractivity contribution in [2.24, 2.45) is 0 Å². The van der Waals surface area contributed by atoms with Crippen LogP contribution in [0, 0.1) is 0 Å². The van der Waals surface area contributed by atoms with Crippen LogP contribution in [0.3, 0.4) is 0 Å². The first-order valence-electron chi connectivity index (χ1n) is 5.60. The number of fused-ring (bicyclic) bond motifs is 1. The van der Waals surface area contributed by atoms with Crippen LogP contribution in [0.1, 0.15) is 5.82 Å². The molecule has 2 aromatic heterocycles. The zero-order valence-electron chi connectivity index (χ0n) is 9.75. The van der Waals surface area contributed by atoms with Gasteiger partial charge in [-0.2, -0.15) is 0 Å². The van der Waals surface area contributed by atoms with Crippen LogP contribution in [0.25, 0.3) is 5.65 Å². The summed E-state index contributed by atoms with van der Waals surface area (Å²) in [6.45, 7) is 0.294. The Morgan fingerprint density at radius 3 is 2.84 bits per heavy atom. The summed E-state index contributed by atoms with van der Waals surface area (Å²) in [5.74, 6) is 1.36. The maximum Gasteiger partial charge on any atom is 0.179 e. The number of nitrogens with zero attached hydrogens (tertiary/aromatic N) is 3. The lowest BCUT2D eigenvalue weighted by Crippen LogP contribution is -2.01. The minimum atomic E-state index is 0.294. The number of rotatable bonds is 3. The van der Waals surface area contributed by atoms with Crippen LogP contribution in [0.2, 0.25) is 10.0 Å². The Labute approximate surface area is 119 Å². The highest BCUT2D eigenvalue weighted by molar-refractivity contribution is 6.33. The molecule has 0 radical (unpaired) electrons. The van der Waals surface area contributed by atoms with Crippen LogP contribution in [0.5, 0.6) is 5.75 Å². The van der Waals surface area contributed by atoms with Crippen LogP contribution < -0.4 is 4.74 Å². The number of aromatic nitrogens is 3. The molecule has 0 atom stereocenters. The molecule has 0 saturated heterocycles. The van der Waals surface area contributed by atoms with Crippen molar-refractivity contribution in [1.29, 1.82) is 0 Å². The zero-order valence-corrected chi connectivity index (χ0v) is 11.3. The summed E-state index contributed by atoms with van der Waals surface area (Å²) in [6.07, 6.45) is 1.85. The van der Waals surface area contributed by atoms with Crippen molar-refractivity contribution in [3.05, 3.63) is 58.5 Å². The third-order valence-electron chi connectivity index (χ3n) is 2.62. The third kappa shape index (κ3) is 2.50. The second-order valence-corrected chi connectivity index (χ2v) is 4.76. The van der Waals surface area contributed by atoms with Gasteiger partial charge in [-0.3, -0.25) is 4.40 Å². The number of halogens is 2. The molecule has 3 aromatic rings. The maximum absolute atomic E-state index is 6.03. The standard InChI is InChI=1S/C13H9Cl2N3O/c14-9-3-1-4-10(7-9)19-8-12-16-17-13-11(15)5-2-6-18(12)13/h1-7H,8H2. The van der Waals surface area contributed by atoms with E-state index in [2.05, 4.69) is 10.2 Å². The van der Waals surface area contributed by atoms with E-state index >= 15 is 0 Å². The number of hydrogen-bond donors (Lipinski definition) is 0. The van der Waals surface area contributed by atoms with Gasteiger partial charge in [0.1, 0.15) is 12.4 Å². The first-order chi connectivity index (χ1) is 9.24. The van der Waals surface area contributed by atoms with E-state index < -0.39 is 0 Å².